The van der Waals surface area contributed by atoms with Crippen LogP contribution in [-0.2, 0) is 14.3 Å². The second kappa shape index (κ2) is 4.98. The molecular formula is C22H30O3. The van der Waals surface area contributed by atoms with E-state index in [9.17, 15) is 9.59 Å². The molecular weight excluding hydrogens is 312 g/mol. The number of carbonyl (C=O) groups is 2. The van der Waals surface area contributed by atoms with Gasteiger partial charge in [-0.25, -0.2) is 0 Å². The van der Waals surface area contributed by atoms with Crippen molar-refractivity contribution in [3.8, 4) is 0 Å². The molecule has 136 valence electrons. The Morgan fingerprint density at radius 3 is 2.48 bits per heavy atom. The fourth-order valence-electron chi connectivity index (χ4n) is 7.85. The van der Waals surface area contributed by atoms with Crippen LogP contribution in [0.4, 0.5) is 0 Å². The molecule has 5 rings (SSSR count). The van der Waals surface area contributed by atoms with Crippen molar-refractivity contribution in [3.63, 3.8) is 0 Å². The first-order valence-corrected chi connectivity index (χ1v) is 10.3. The summed E-state index contributed by atoms with van der Waals surface area (Å²) in [5, 5.41) is 0. The Labute approximate surface area is 150 Å². The van der Waals surface area contributed by atoms with Gasteiger partial charge in [-0.05, 0) is 80.6 Å². The van der Waals surface area contributed by atoms with E-state index in [1.807, 2.05) is 6.08 Å². The number of fused-ring (bicyclic) bond motifs is 6. The van der Waals surface area contributed by atoms with Crippen molar-refractivity contribution >= 4 is 11.8 Å². The molecule has 1 heterocycles. The van der Waals surface area contributed by atoms with Crippen molar-refractivity contribution in [3.05, 3.63) is 11.6 Å². The van der Waals surface area contributed by atoms with E-state index >= 15 is 0 Å². The number of ether oxygens (including phenoxy) is 1. The van der Waals surface area contributed by atoms with Crippen LogP contribution < -0.4 is 0 Å². The van der Waals surface area contributed by atoms with Gasteiger partial charge in [-0.2, -0.15) is 0 Å². The lowest BCUT2D eigenvalue weighted by atomic mass is 9.46. The number of esters is 1. The summed E-state index contributed by atoms with van der Waals surface area (Å²) in [6.45, 7) is 4.86. The molecule has 3 nitrogen and oxygen atoms in total. The lowest BCUT2D eigenvalue weighted by molar-refractivity contribution is -0.168. The number of rotatable bonds is 0. The molecule has 0 radical (unpaired) electrons. The van der Waals surface area contributed by atoms with Crippen molar-refractivity contribution < 1.29 is 14.3 Å². The van der Waals surface area contributed by atoms with Crippen LogP contribution in [0.5, 0.6) is 0 Å². The highest BCUT2D eigenvalue weighted by Gasteiger charge is 2.66. The Morgan fingerprint density at radius 2 is 1.72 bits per heavy atom. The summed E-state index contributed by atoms with van der Waals surface area (Å²) in [6, 6.07) is 0. The number of ketones is 1. The third-order valence-corrected chi connectivity index (χ3v) is 9.29. The van der Waals surface area contributed by atoms with E-state index in [-0.39, 0.29) is 22.4 Å². The van der Waals surface area contributed by atoms with Crippen molar-refractivity contribution in [2.45, 2.75) is 83.7 Å². The SMILES string of the molecule is C[C@]12CCC(=O)C=C1CC[C@H]1[C@H]2CC[C@@]2(C)[C@@H]1CC[C@@]21CCC(=O)O1. The summed E-state index contributed by atoms with van der Waals surface area (Å²) >= 11 is 0. The maximum Gasteiger partial charge on any atom is 0.306 e. The minimum Gasteiger partial charge on any atom is -0.458 e. The standard InChI is InChI=1S/C22H30O3/c1-20-9-5-15(23)13-14(20)3-4-16-17(20)6-10-21(2)18(16)7-11-22(21)12-8-19(24)25-22/h13,16-18H,3-12H2,1-2H3/t16-,17+,18+,20-,21-,22+/m0/s1. The van der Waals surface area contributed by atoms with Crippen LogP contribution in [-0.4, -0.2) is 17.4 Å². The Kier molecular flexibility index (Phi) is 3.21. The van der Waals surface area contributed by atoms with Crippen LogP contribution >= 0.6 is 0 Å². The van der Waals surface area contributed by atoms with Gasteiger partial charge in [-0.3, -0.25) is 9.59 Å². The molecule has 6 atom stereocenters. The van der Waals surface area contributed by atoms with Crippen LogP contribution in [0.2, 0.25) is 0 Å². The van der Waals surface area contributed by atoms with Gasteiger partial charge in [0.1, 0.15) is 5.60 Å². The second-order valence-corrected chi connectivity index (χ2v) is 9.93. The fraction of sp³-hybridized carbons (Fsp3) is 0.818. The molecule has 5 aliphatic rings. The third kappa shape index (κ3) is 1.93. The molecule has 0 bridgehead atoms. The monoisotopic (exact) mass is 342 g/mol. The molecule has 0 amide bonds. The summed E-state index contributed by atoms with van der Waals surface area (Å²) in [5.74, 6) is 2.51. The van der Waals surface area contributed by atoms with Crippen molar-refractivity contribution in [1.82, 2.24) is 0 Å². The van der Waals surface area contributed by atoms with E-state index in [0.717, 1.165) is 38.0 Å². The molecule has 1 saturated heterocycles. The quantitative estimate of drug-likeness (QED) is 0.605. The molecule has 0 aromatic carbocycles. The van der Waals surface area contributed by atoms with E-state index in [0.29, 0.717) is 24.0 Å². The highest BCUT2D eigenvalue weighted by atomic mass is 16.6. The predicted octanol–water partition coefficient (Wildman–Crippen LogP) is 4.59. The minimum atomic E-state index is -0.167. The average molecular weight is 342 g/mol. The molecule has 0 aromatic rings. The first-order valence-electron chi connectivity index (χ1n) is 10.3. The van der Waals surface area contributed by atoms with Crippen LogP contribution in [0.25, 0.3) is 0 Å². The van der Waals surface area contributed by atoms with Crippen LogP contribution in [0.1, 0.15) is 78.1 Å². The smallest absolute Gasteiger partial charge is 0.306 e. The third-order valence-electron chi connectivity index (χ3n) is 9.29. The van der Waals surface area contributed by atoms with Gasteiger partial charge in [-0.15, -0.1) is 0 Å². The maximum atomic E-state index is 11.9. The van der Waals surface area contributed by atoms with Gasteiger partial charge in [0, 0.05) is 18.3 Å². The molecule has 3 saturated carbocycles. The van der Waals surface area contributed by atoms with E-state index in [1.54, 1.807) is 0 Å². The zero-order valence-corrected chi connectivity index (χ0v) is 15.6. The van der Waals surface area contributed by atoms with Gasteiger partial charge in [0.25, 0.3) is 0 Å². The van der Waals surface area contributed by atoms with E-state index in [4.69, 9.17) is 4.74 Å². The summed E-state index contributed by atoms with van der Waals surface area (Å²) in [7, 11) is 0. The van der Waals surface area contributed by atoms with Crippen molar-refractivity contribution in [2.75, 3.05) is 0 Å². The molecule has 1 aliphatic heterocycles. The molecule has 25 heavy (non-hydrogen) atoms. The van der Waals surface area contributed by atoms with Gasteiger partial charge >= 0.3 is 5.97 Å². The van der Waals surface area contributed by atoms with Crippen molar-refractivity contribution in [2.24, 2.45) is 28.6 Å². The average Bonchev–Trinajstić information content (AvgIpc) is 3.10. The summed E-state index contributed by atoms with van der Waals surface area (Å²) < 4.78 is 6.01. The van der Waals surface area contributed by atoms with Gasteiger partial charge < -0.3 is 4.74 Å². The summed E-state index contributed by atoms with van der Waals surface area (Å²) in [5.41, 5.74) is 1.68. The lowest BCUT2D eigenvalue weighted by Gasteiger charge is -2.59. The van der Waals surface area contributed by atoms with Gasteiger partial charge in [0.15, 0.2) is 5.78 Å². The predicted molar refractivity (Wildman–Crippen MR) is 94.8 cm³/mol. The Hall–Kier alpha value is -1.12. The largest absolute Gasteiger partial charge is 0.458 e. The van der Waals surface area contributed by atoms with Crippen LogP contribution in [0.15, 0.2) is 11.6 Å². The zero-order chi connectivity index (χ0) is 17.4. The second-order valence-electron chi connectivity index (χ2n) is 9.93. The minimum absolute atomic E-state index is 0.0237. The Morgan fingerprint density at radius 1 is 0.920 bits per heavy atom. The maximum absolute atomic E-state index is 11.9. The number of carbonyl (C=O) groups excluding carboxylic acids is 2. The molecule has 3 heteroatoms. The first kappa shape index (κ1) is 16.1. The molecule has 0 unspecified atom stereocenters. The summed E-state index contributed by atoms with van der Waals surface area (Å²) in [6.07, 6.45) is 12.3. The van der Waals surface area contributed by atoms with Crippen molar-refractivity contribution in [1.29, 1.82) is 0 Å². The normalized spacial score (nSPS) is 51.6. The number of allylic oxidation sites excluding steroid dienone is 1. The number of hydrogen-bond donors (Lipinski definition) is 0. The van der Waals surface area contributed by atoms with Gasteiger partial charge in [0.2, 0.25) is 0 Å². The van der Waals surface area contributed by atoms with E-state index in [1.165, 1.54) is 31.3 Å². The number of hydrogen-bond acceptors (Lipinski definition) is 3. The van der Waals surface area contributed by atoms with E-state index < -0.39 is 0 Å². The highest BCUT2D eigenvalue weighted by Crippen LogP contribution is 2.69. The molecule has 0 aromatic heterocycles. The molecule has 0 N–H and O–H groups in total. The molecule has 4 aliphatic carbocycles. The first-order chi connectivity index (χ1) is 11.9. The fourth-order valence-corrected chi connectivity index (χ4v) is 7.85. The highest BCUT2D eigenvalue weighted by molar-refractivity contribution is 5.91. The Balaban J connectivity index is 1.49. The lowest BCUT2D eigenvalue weighted by Crippen LogP contribution is -2.54. The van der Waals surface area contributed by atoms with Crippen LogP contribution in [0, 0.1) is 28.6 Å². The zero-order valence-electron chi connectivity index (χ0n) is 15.6. The molecule has 4 fully saturated rings. The van der Waals surface area contributed by atoms with Gasteiger partial charge in [0.05, 0.1) is 0 Å². The van der Waals surface area contributed by atoms with E-state index in [2.05, 4.69) is 13.8 Å². The topological polar surface area (TPSA) is 43.4 Å². The van der Waals surface area contributed by atoms with Gasteiger partial charge in [-0.1, -0.05) is 19.4 Å². The van der Waals surface area contributed by atoms with Crippen LogP contribution in [0.3, 0.4) is 0 Å². The summed E-state index contributed by atoms with van der Waals surface area (Å²) in [4.78, 5) is 23.8. The molecule has 1 spiro atoms. The Bertz CT molecular complexity index is 679.